The van der Waals surface area contributed by atoms with Gasteiger partial charge < -0.3 is 10.6 Å². The molecule has 1 fully saturated rings. The second-order valence-electron chi connectivity index (χ2n) is 4.81. The third-order valence-corrected chi connectivity index (χ3v) is 3.56. The van der Waals surface area contributed by atoms with E-state index < -0.39 is 0 Å². The largest absolute Gasteiger partial charge is 0.399 e. The van der Waals surface area contributed by atoms with Crippen LogP contribution in [0, 0.1) is 0 Å². The van der Waals surface area contributed by atoms with E-state index in [0.717, 1.165) is 22.7 Å². The Bertz CT molecular complexity index is 566. The summed E-state index contributed by atoms with van der Waals surface area (Å²) in [5.74, 6) is 0.785. The van der Waals surface area contributed by atoms with Crippen molar-refractivity contribution in [1.82, 2.24) is 9.97 Å². The molecule has 0 atom stereocenters. The van der Waals surface area contributed by atoms with Crippen LogP contribution in [0.25, 0.3) is 0 Å². The number of anilines is 2. The lowest BCUT2D eigenvalue weighted by Crippen LogP contribution is -2.26. The minimum atomic E-state index is 0.558. The molecule has 0 aliphatic heterocycles. The van der Waals surface area contributed by atoms with Gasteiger partial charge in [-0.05, 0) is 46.5 Å². The van der Waals surface area contributed by atoms with E-state index in [4.69, 9.17) is 5.73 Å². The van der Waals surface area contributed by atoms with Crippen LogP contribution in [0.4, 0.5) is 11.6 Å². The van der Waals surface area contributed by atoms with Crippen molar-refractivity contribution >= 4 is 27.6 Å². The maximum Gasteiger partial charge on any atom is 0.225 e. The van der Waals surface area contributed by atoms with Crippen LogP contribution in [-0.4, -0.2) is 16.0 Å². The summed E-state index contributed by atoms with van der Waals surface area (Å²) in [4.78, 5) is 11.0. The van der Waals surface area contributed by atoms with E-state index in [0.29, 0.717) is 6.04 Å². The minimum absolute atomic E-state index is 0.558. The predicted molar refractivity (Wildman–Crippen MR) is 79.8 cm³/mol. The van der Waals surface area contributed by atoms with E-state index in [-0.39, 0.29) is 0 Å². The summed E-state index contributed by atoms with van der Waals surface area (Å²) in [6, 6.07) is 8.54. The van der Waals surface area contributed by atoms with Crippen molar-refractivity contribution in [3.63, 3.8) is 0 Å². The van der Waals surface area contributed by atoms with Crippen LogP contribution >= 0.6 is 15.9 Å². The molecule has 2 N–H and O–H groups in total. The van der Waals surface area contributed by atoms with Crippen LogP contribution in [0.1, 0.15) is 18.4 Å². The fraction of sp³-hybridized carbons (Fsp3) is 0.286. The zero-order valence-electron chi connectivity index (χ0n) is 10.5. The van der Waals surface area contributed by atoms with Crippen molar-refractivity contribution in [2.75, 3.05) is 10.6 Å². The first kappa shape index (κ1) is 12.4. The van der Waals surface area contributed by atoms with E-state index in [1.807, 2.05) is 18.2 Å². The smallest absolute Gasteiger partial charge is 0.225 e. The summed E-state index contributed by atoms with van der Waals surface area (Å²) < 4.78 is 0.899. The van der Waals surface area contributed by atoms with Gasteiger partial charge in [0.2, 0.25) is 5.95 Å². The zero-order valence-corrected chi connectivity index (χ0v) is 12.0. The maximum absolute atomic E-state index is 5.83. The Morgan fingerprint density at radius 3 is 2.63 bits per heavy atom. The number of hydrogen-bond acceptors (Lipinski definition) is 4. The Balaban J connectivity index is 1.83. The van der Waals surface area contributed by atoms with Crippen LogP contribution in [0.5, 0.6) is 0 Å². The van der Waals surface area contributed by atoms with Crippen molar-refractivity contribution in [1.29, 1.82) is 0 Å². The van der Waals surface area contributed by atoms with Gasteiger partial charge in [-0.25, -0.2) is 9.97 Å². The Labute approximate surface area is 120 Å². The molecular weight excluding hydrogens is 304 g/mol. The van der Waals surface area contributed by atoms with Crippen LogP contribution in [0.3, 0.4) is 0 Å². The Morgan fingerprint density at radius 2 is 2.00 bits per heavy atom. The van der Waals surface area contributed by atoms with Crippen LogP contribution < -0.4 is 10.6 Å². The van der Waals surface area contributed by atoms with Crippen molar-refractivity contribution < 1.29 is 0 Å². The molecule has 1 heterocycles. The first-order valence-electron chi connectivity index (χ1n) is 6.31. The average Bonchev–Trinajstić information content (AvgIpc) is 3.22. The van der Waals surface area contributed by atoms with Gasteiger partial charge in [-0.3, -0.25) is 0 Å². The molecule has 19 heavy (non-hydrogen) atoms. The maximum atomic E-state index is 5.83. The highest BCUT2D eigenvalue weighted by molar-refractivity contribution is 9.10. The number of nitrogen functional groups attached to an aromatic ring is 1. The lowest BCUT2D eigenvalue weighted by atomic mass is 10.2. The minimum Gasteiger partial charge on any atom is -0.399 e. The fourth-order valence-electron chi connectivity index (χ4n) is 2.09. The Morgan fingerprint density at radius 1 is 1.26 bits per heavy atom. The number of halogens is 1. The average molecular weight is 319 g/mol. The monoisotopic (exact) mass is 318 g/mol. The van der Waals surface area contributed by atoms with Crippen LogP contribution in [0.15, 0.2) is 41.1 Å². The number of hydrogen-bond donors (Lipinski definition) is 1. The van der Waals surface area contributed by atoms with E-state index in [2.05, 4.69) is 36.9 Å². The standard InChI is InChI=1S/C14H15BrN4/c15-11-7-17-14(18-8-11)19(13-4-5-13)9-10-2-1-3-12(16)6-10/h1-3,6-8,13H,4-5,9,16H2. The van der Waals surface area contributed by atoms with E-state index in [1.54, 1.807) is 12.4 Å². The van der Waals surface area contributed by atoms with Gasteiger partial charge in [-0.15, -0.1) is 0 Å². The van der Waals surface area contributed by atoms with Crippen LogP contribution in [0.2, 0.25) is 0 Å². The van der Waals surface area contributed by atoms with Crippen molar-refractivity contribution in [3.8, 4) is 0 Å². The van der Waals surface area contributed by atoms with Gasteiger partial charge in [-0.2, -0.15) is 0 Å². The molecule has 0 spiro atoms. The highest BCUT2D eigenvalue weighted by atomic mass is 79.9. The highest BCUT2D eigenvalue weighted by Crippen LogP contribution is 2.31. The number of aromatic nitrogens is 2. The lowest BCUT2D eigenvalue weighted by molar-refractivity contribution is 0.758. The van der Waals surface area contributed by atoms with E-state index in [1.165, 1.54) is 18.4 Å². The number of nitrogens with two attached hydrogens (primary N) is 1. The summed E-state index contributed by atoms with van der Waals surface area (Å²) in [7, 11) is 0. The highest BCUT2D eigenvalue weighted by Gasteiger charge is 2.30. The van der Waals surface area contributed by atoms with Crippen molar-refractivity contribution in [3.05, 3.63) is 46.7 Å². The van der Waals surface area contributed by atoms with Crippen molar-refractivity contribution in [2.24, 2.45) is 0 Å². The number of rotatable bonds is 4. The quantitative estimate of drug-likeness (QED) is 0.880. The summed E-state index contributed by atoms with van der Waals surface area (Å²) in [6.45, 7) is 0.803. The summed E-state index contributed by atoms with van der Waals surface area (Å²) in [6.07, 6.45) is 6.00. The third kappa shape index (κ3) is 3.04. The molecule has 1 aliphatic rings. The van der Waals surface area contributed by atoms with Gasteiger partial charge in [0, 0.05) is 30.7 Å². The molecule has 1 saturated carbocycles. The first-order valence-corrected chi connectivity index (χ1v) is 7.10. The first-order chi connectivity index (χ1) is 9.22. The second kappa shape index (κ2) is 5.17. The topological polar surface area (TPSA) is 55.0 Å². The molecule has 4 nitrogen and oxygen atoms in total. The molecule has 0 radical (unpaired) electrons. The molecule has 1 aromatic carbocycles. The SMILES string of the molecule is Nc1cccc(CN(c2ncc(Br)cn2)C2CC2)c1. The molecule has 2 aromatic rings. The Kier molecular flexibility index (Phi) is 3.38. The number of nitrogens with zero attached hydrogens (tertiary/aromatic N) is 3. The predicted octanol–water partition coefficient (Wildman–Crippen LogP) is 2.99. The molecular formula is C14H15BrN4. The summed E-state index contributed by atoms with van der Waals surface area (Å²) >= 11 is 3.36. The van der Waals surface area contributed by atoms with Gasteiger partial charge in [0.15, 0.2) is 0 Å². The van der Waals surface area contributed by atoms with Gasteiger partial charge in [0.05, 0.1) is 4.47 Å². The summed E-state index contributed by atoms with van der Waals surface area (Å²) in [5, 5.41) is 0. The van der Waals surface area contributed by atoms with E-state index in [9.17, 15) is 0 Å². The molecule has 1 aromatic heterocycles. The molecule has 0 amide bonds. The van der Waals surface area contributed by atoms with Gasteiger partial charge >= 0.3 is 0 Å². The normalized spacial score (nSPS) is 14.4. The lowest BCUT2D eigenvalue weighted by Gasteiger charge is -2.22. The Hall–Kier alpha value is -1.62. The van der Waals surface area contributed by atoms with E-state index >= 15 is 0 Å². The van der Waals surface area contributed by atoms with Gasteiger partial charge in [-0.1, -0.05) is 12.1 Å². The fourth-order valence-corrected chi connectivity index (χ4v) is 2.30. The van der Waals surface area contributed by atoms with Gasteiger partial charge in [0.25, 0.3) is 0 Å². The molecule has 0 unspecified atom stereocenters. The van der Waals surface area contributed by atoms with Crippen LogP contribution in [-0.2, 0) is 6.54 Å². The summed E-state index contributed by atoms with van der Waals surface area (Å²) in [5.41, 5.74) is 7.82. The van der Waals surface area contributed by atoms with Crippen molar-refractivity contribution in [2.45, 2.75) is 25.4 Å². The molecule has 3 rings (SSSR count). The molecule has 5 heteroatoms. The second-order valence-corrected chi connectivity index (χ2v) is 5.72. The molecule has 98 valence electrons. The molecule has 0 bridgehead atoms. The zero-order chi connectivity index (χ0) is 13.2. The molecule has 1 aliphatic carbocycles. The third-order valence-electron chi connectivity index (χ3n) is 3.16. The molecule has 0 saturated heterocycles. The van der Waals surface area contributed by atoms with Gasteiger partial charge in [0.1, 0.15) is 0 Å². The number of benzene rings is 1.